The molecule has 0 aliphatic rings. The third kappa shape index (κ3) is 2.87. The molecule has 15 heavy (non-hydrogen) atoms. The minimum Gasteiger partial charge on any atom is -0.504 e. The lowest BCUT2D eigenvalue weighted by molar-refractivity contribution is 0.0953. The van der Waals surface area contributed by atoms with Crippen LogP contribution < -0.4 is 10.1 Å². The number of phenols is 1. The summed E-state index contributed by atoms with van der Waals surface area (Å²) in [5.74, 6) is 0.151. The molecule has 0 saturated heterocycles. The Morgan fingerprint density at radius 3 is 2.80 bits per heavy atom. The van der Waals surface area contributed by atoms with E-state index in [-0.39, 0.29) is 11.7 Å². The molecule has 2 N–H and O–H groups in total. The normalized spacial score (nSPS) is 9.73. The molecule has 0 bridgehead atoms. The second-order valence-corrected chi connectivity index (χ2v) is 3.14. The largest absolute Gasteiger partial charge is 0.504 e. The van der Waals surface area contributed by atoms with Gasteiger partial charge in [-0.3, -0.25) is 4.79 Å². The molecule has 1 rings (SSSR count). The number of benzene rings is 1. The van der Waals surface area contributed by atoms with Crippen molar-refractivity contribution in [1.29, 1.82) is 0 Å². The Labute approximate surface area is 88.9 Å². The molecule has 0 heterocycles. The molecule has 0 aliphatic carbocycles. The zero-order valence-electron chi connectivity index (χ0n) is 8.91. The van der Waals surface area contributed by atoms with Crippen molar-refractivity contribution in [2.45, 2.75) is 13.3 Å². The molecule has 1 aromatic carbocycles. The molecule has 0 spiro atoms. The van der Waals surface area contributed by atoms with Gasteiger partial charge in [-0.2, -0.15) is 0 Å². The lowest BCUT2D eigenvalue weighted by Gasteiger charge is -2.06. The highest BCUT2D eigenvalue weighted by Crippen LogP contribution is 2.25. The van der Waals surface area contributed by atoms with E-state index in [1.807, 2.05) is 6.92 Å². The lowest BCUT2D eigenvalue weighted by Crippen LogP contribution is -2.23. The topological polar surface area (TPSA) is 58.6 Å². The molecule has 0 unspecified atom stereocenters. The van der Waals surface area contributed by atoms with Crippen LogP contribution in [0.3, 0.4) is 0 Å². The number of methoxy groups -OCH3 is 1. The Morgan fingerprint density at radius 1 is 1.53 bits per heavy atom. The van der Waals surface area contributed by atoms with E-state index in [1.165, 1.54) is 13.2 Å². The van der Waals surface area contributed by atoms with Crippen LogP contribution in [-0.2, 0) is 0 Å². The smallest absolute Gasteiger partial charge is 0.251 e. The second kappa shape index (κ2) is 5.24. The molecule has 0 saturated carbocycles. The molecule has 0 fully saturated rings. The van der Waals surface area contributed by atoms with E-state index in [2.05, 4.69) is 5.32 Å². The number of phenolic OH excluding ortho intramolecular Hbond substituents is 1. The highest BCUT2D eigenvalue weighted by Gasteiger charge is 2.08. The Bertz CT molecular complexity index is 350. The van der Waals surface area contributed by atoms with Crippen molar-refractivity contribution in [3.63, 3.8) is 0 Å². The van der Waals surface area contributed by atoms with Gasteiger partial charge in [0.15, 0.2) is 11.5 Å². The first kappa shape index (κ1) is 11.4. The molecule has 0 aliphatic heterocycles. The van der Waals surface area contributed by atoms with Crippen molar-refractivity contribution in [1.82, 2.24) is 5.32 Å². The van der Waals surface area contributed by atoms with E-state index in [0.717, 1.165) is 6.42 Å². The Morgan fingerprint density at radius 2 is 2.27 bits per heavy atom. The number of hydrogen-bond donors (Lipinski definition) is 2. The molecule has 0 aromatic heterocycles. The fourth-order valence-corrected chi connectivity index (χ4v) is 1.17. The van der Waals surface area contributed by atoms with Crippen LogP contribution in [0.15, 0.2) is 18.2 Å². The van der Waals surface area contributed by atoms with E-state index < -0.39 is 0 Å². The summed E-state index contributed by atoms with van der Waals surface area (Å²) < 4.78 is 4.88. The Kier molecular flexibility index (Phi) is 3.97. The van der Waals surface area contributed by atoms with Crippen molar-refractivity contribution >= 4 is 5.91 Å². The van der Waals surface area contributed by atoms with Gasteiger partial charge < -0.3 is 15.2 Å². The number of aromatic hydroxyl groups is 1. The molecular weight excluding hydrogens is 194 g/mol. The highest BCUT2D eigenvalue weighted by molar-refractivity contribution is 5.94. The van der Waals surface area contributed by atoms with E-state index in [9.17, 15) is 9.90 Å². The molecule has 4 heteroatoms. The van der Waals surface area contributed by atoms with Gasteiger partial charge in [-0.05, 0) is 24.6 Å². The maximum atomic E-state index is 11.5. The zero-order chi connectivity index (χ0) is 11.3. The molecule has 4 nitrogen and oxygen atoms in total. The third-order valence-corrected chi connectivity index (χ3v) is 1.98. The lowest BCUT2D eigenvalue weighted by atomic mass is 10.2. The quantitative estimate of drug-likeness (QED) is 0.790. The summed E-state index contributed by atoms with van der Waals surface area (Å²) in [6.45, 7) is 2.61. The van der Waals surface area contributed by atoms with Crippen molar-refractivity contribution < 1.29 is 14.6 Å². The van der Waals surface area contributed by atoms with E-state index in [0.29, 0.717) is 17.9 Å². The fourth-order valence-electron chi connectivity index (χ4n) is 1.17. The molecule has 0 radical (unpaired) electrons. The Hall–Kier alpha value is -1.71. The number of rotatable bonds is 4. The maximum Gasteiger partial charge on any atom is 0.251 e. The number of hydrogen-bond acceptors (Lipinski definition) is 3. The van der Waals surface area contributed by atoms with Crippen LogP contribution in [0.4, 0.5) is 0 Å². The minimum atomic E-state index is -0.185. The standard InChI is InChI=1S/C11H15NO3/c1-3-6-12-11(14)8-4-5-10(15-2)9(13)7-8/h4-5,7,13H,3,6H2,1-2H3,(H,12,14). The average Bonchev–Trinajstić information content (AvgIpc) is 2.25. The first-order valence-electron chi connectivity index (χ1n) is 4.84. The minimum absolute atomic E-state index is 0.0263. The summed E-state index contributed by atoms with van der Waals surface area (Å²) in [6, 6.07) is 4.57. The van der Waals surface area contributed by atoms with Crippen molar-refractivity contribution in [2.24, 2.45) is 0 Å². The van der Waals surface area contributed by atoms with Gasteiger partial charge in [-0.15, -0.1) is 0 Å². The van der Waals surface area contributed by atoms with Gasteiger partial charge in [0.05, 0.1) is 7.11 Å². The summed E-state index contributed by atoms with van der Waals surface area (Å²) in [7, 11) is 1.46. The number of carbonyl (C=O) groups is 1. The predicted octanol–water partition coefficient (Wildman–Crippen LogP) is 1.54. The number of nitrogens with one attached hydrogen (secondary N) is 1. The average molecular weight is 209 g/mol. The Balaban J connectivity index is 2.78. The van der Waals surface area contributed by atoms with Crippen LogP contribution in [0.1, 0.15) is 23.7 Å². The number of amides is 1. The predicted molar refractivity (Wildman–Crippen MR) is 57.3 cm³/mol. The highest BCUT2D eigenvalue weighted by atomic mass is 16.5. The van der Waals surface area contributed by atoms with E-state index in [4.69, 9.17) is 4.74 Å². The molecule has 1 amide bonds. The number of ether oxygens (including phenoxy) is 1. The summed E-state index contributed by atoms with van der Waals surface area (Å²) in [5, 5.41) is 12.2. The second-order valence-electron chi connectivity index (χ2n) is 3.14. The third-order valence-electron chi connectivity index (χ3n) is 1.98. The van der Waals surface area contributed by atoms with Gasteiger partial charge in [-0.25, -0.2) is 0 Å². The molecular formula is C11H15NO3. The first-order chi connectivity index (χ1) is 7.19. The fraction of sp³-hybridized carbons (Fsp3) is 0.364. The van der Waals surface area contributed by atoms with Crippen molar-refractivity contribution in [2.75, 3.05) is 13.7 Å². The maximum absolute atomic E-state index is 11.5. The first-order valence-corrected chi connectivity index (χ1v) is 4.84. The zero-order valence-corrected chi connectivity index (χ0v) is 8.91. The SMILES string of the molecule is CCCNC(=O)c1ccc(OC)c(O)c1. The van der Waals surface area contributed by atoms with Crippen LogP contribution in [0.5, 0.6) is 11.5 Å². The van der Waals surface area contributed by atoms with Gasteiger partial charge >= 0.3 is 0 Å². The summed E-state index contributed by atoms with van der Waals surface area (Å²) in [6.07, 6.45) is 0.883. The molecule has 0 atom stereocenters. The van der Waals surface area contributed by atoms with Gasteiger partial charge in [0, 0.05) is 12.1 Å². The van der Waals surface area contributed by atoms with Crippen molar-refractivity contribution in [3.05, 3.63) is 23.8 Å². The van der Waals surface area contributed by atoms with E-state index in [1.54, 1.807) is 12.1 Å². The van der Waals surface area contributed by atoms with E-state index >= 15 is 0 Å². The van der Waals surface area contributed by atoms with Crippen LogP contribution >= 0.6 is 0 Å². The van der Waals surface area contributed by atoms with Gasteiger partial charge in [0.25, 0.3) is 5.91 Å². The van der Waals surface area contributed by atoms with Gasteiger partial charge in [-0.1, -0.05) is 6.92 Å². The number of carbonyl (C=O) groups excluding carboxylic acids is 1. The monoisotopic (exact) mass is 209 g/mol. The van der Waals surface area contributed by atoms with Crippen molar-refractivity contribution in [3.8, 4) is 11.5 Å². The van der Waals surface area contributed by atoms with Crippen LogP contribution in [-0.4, -0.2) is 24.7 Å². The summed E-state index contributed by atoms with van der Waals surface area (Å²) >= 11 is 0. The van der Waals surface area contributed by atoms with Gasteiger partial charge in [0.2, 0.25) is 0 Å². The van der Waals surface area contributed by atoms with Gasteiger partial charge in [0.1, 0.15) is 0 Å². The summed E-state index contributed by atoms with van der Waals surface area (Å²) in [4.78, 5) is 11.5. The van der Waals surface area contributed by atoms with Crippen LogP contribution in [0, 0.1) is 0 Å². The summed E-state index contributed by atoms with van der Waals surface area (Å²) in [5.41, 5.74) is 0.432. The van der Waals surface area contributed by atoms with Crippen LogP contribution in [0.2, 0.25) is 0 Å². The molecule has 82 valence electrons. The molecule has 1 aromatic rings. The van der Waals surface area contributed by atoms with Crippen LogP contribution in [0.25, 0.3) is 0 Å².